The topological polar surface area (TPSA) is 80.3 Å². The van der Waals surface area contributed by atoms with Crippen molar-refractivity contribution in [2.24, 2.45) is 0 Å². The van der Waals surface area contributed by atoms with E-state index < -0.39 is 17.7 Å². The van der Waals surface area contributed by atoms with Crippen LogP contribution >= 0.6 is 0 Å². The number of aryl methyl sites for hydroxylation is 1. The summed E-state index contributed by atoms with van der Waals surface area (Å²) in [6.45, 7) is 3.12. The molecule has 2 N–H and O–H groups in total. The lowest BCUT2D eigenvalue weighted by Gasteiger charge is -2.17. The van der Waals surface area contributed by atoms with E-state index >= 15 is 0 Å². The molecule has 0 saturated carbocycles. The van der Waals surface area contributed by atoms with Crippen LogP contribution in [0.4, 0.5) is 24.5 Å². The highest BCUT2D eigenvalue weighted by molar-refractivity contribution is 6.08. The average molecular weight is 431 g/mol. The maximum Gasteiger partial charge on any atom is 0.416 e. The van der Waals surface area contributed by atoms with Gasteiger partial charge in [-0.3, -0.25) is 9.78 Å². The zero-order chi connectivity index (χ0) is 22.8. The van der Waals surface area contributed by atoms with E-state index in [2.05, 4.69) is 15.6 Å². The molecule has 31 heavy (non-hydrogen) atoms. The normalized spacial score (nSPS) is 11.3. The summed E-state index contributed by atoms with van der Waals surface area (Å²) in [5.74, 6) is -1.04. The van der Waals surface area contributed by atoms with Gasteiger partial charge in [0.15, 0.2) is 0 Å². The predicted molar refractivity (Wildman–Crippen MR) is 111 cm³/mol. The summed E-state index contributed by atoms with van der Waals surface area (Å²) in [6, 6.07) is 8.47. The van der Waals surface area contributed by atoms with Crippen LogP contribution < -0.4 is 10.6 Å². The largest absolute Gasteiger partial charge is 0.462 e. The molecule has 0 aliphatic rings. The van der Waals surface area contributed by atoms with Gasteiger partial charge in [0.25, 0.3) is 5.91 Å². The molecule has 0 unspecified atom stereocenters. The van der Waals surface area contributed by atoms with Gasteiger partial charge in [0.1, 0.15) is 5.56 Å². The van der Waals surface area contributed by atoms with Gasteiger partial charge in [0, 0.05) is 29.9 Å². The van der Waals surface area contributed by atoms with Crippen molar-refractivity contribution in [2.45, 2.75) is 20.0 Å². The Balaban J connectivity index is 2.21. The average Bonchev–Trinajstić information content (AvgIpc) is 2.73. The van der Waals surface area contributed by atoms with Crippen molar-refractivity contribution in [2.75, 3.05) is 19.0 Å². The Morgan fingerprint density at radius 3 is 2.52 bits per heavy atom. The number of halogens is 3. The van der Waals surface area contributed by atoms with Crippen molar-refractivity contribution in [3.05, 3.63) is 64.8 Å². The summed E-state index contributed by atoms with van der Waals surface area (Å²) in [4.78, 5) is 28.8. The van der Waals surface area contributed by atoms with Crippen LogP contribution in [0.2, 0.25) is 0 Å². The molecule has 3 aromatic rings. The van der Waals surface area contributed by atoms with Crippen molar-refractivity contribution < 1.29 is 27.5 Å². The number of hydrogen-bond donors (Lipinski definition) is 2. The lowest BCUT2D eigenvalue weighted by atomic mass is 10.0. The van der Waals surface area contributed by atoms with E-state index in [1.165, 1.54) is 38.4 Å². The van der Waals surface area contributed by atoms with Gasteiger partial charge in [-0.05, 0) is 49.7 Å². The lowest BCUT2D eigenvalue weighted by Crippen LogP contribution is -2.17. The molecule has 9 heteroatoms. The Morgan fingerprint density at radius 2 is 1.87 bits per heavy atom. The zero-order valence-corrected chi connectivity index (χ0v) is 17.1. The predicted octanol–water partition coefficient (Wildman–Crippen LogP) is 4.84. The molecule has 0 aliphatic heterocycles. The molecule has 1 amide bonds. The van der Waals surface area contributed by atoms with Gasteiger partial charge in [-0.1, -0.05) is 6.07 Å². The van der Waals surface area contributed by atoms with Crippen LogP contribution in [0.3, 0.4) is 0 Å². The van der Waals surface area contributed by atoms with Gasteiger partial charge in [-0.2, -0.15) is 13.2 Å². The van der Waals surface area contributed by atoms with Gasteiger partial charge in [-0.15, -0.1) is 0 Å². The number of carbonyl (C=O) groups is 2. The molecule has 2 aromatic carbocycles. The number of amides is 1. The van der Waals surface area contributed by atoms with Gasteiger partial charge in [0.05, 0.1) is 23.4 Å². The quantitative estimate of drug-likeness (QED) is 0.565. The molecule has 0 aliphatic carbocycles. The first kappa shape index (κ1) is 22.1. The molecular weight excluding hydrogens is 411 g/mol. The number of pyridine rings is 1. The number of hydrogen-bond acceptors (Lipinski definition) is 5. The van der Waals surface area contributed by atoms with Crippen molar-refractivity contribution >= 4 is 34.2 Å². The number of nitrogens with one attached hydrogen (secondary N) is 2. The number of fused-ring (bicyclic) bond motifs is 1. The van der Waals surface area contributed by atoms with E-state index in [9.17, 15) is 22.8 Å². The van der Waals surface area contributed by atoms with E-state index in [0.29, 0.717) is 16.5 Å². The molecule has 3 rings (SSSR count). The summed E-state index contributed by atoms with van der Waals surface area (Å²) in [5, 5.41) is 5.80. The Morgan fingerprint density at radius 1 is 1.13 bits per heavy atom. The highest BCUT2D eigenvalue weighted by Gasteiger charge is 2.32. The molecule has 6 nitrogen and oxygen atoms in total. The molecule has 0 radical (unpaired) electrons. The summed E-state index contributed by atoms with van der Waals surface area (Å²) < 4.78 is 45.1. The third kappa shape index (κ3) is 4.60. The van der Waals surface area contributed by atoms with E-state index in [1.54, 1.807) is 19.1 Å². The van der Waals surface area contributed by atoms with Gasteiger partial charge < -0.3 is 15.4 Å². The van der Waals surface area contributed by atoms with Crippen molar-refractivity contribution in [1.82, 2.24) is 10.3 Å². The molecular formula is C22H20F3N3O3. The third-order valence-electron chi connectivity index (χ3n) is 4.66. The molecule has 0 saturated heterocycles. The minimum Gasteiger partial charge on any atom is -0.462 e. The molecule has 0 atom stereocenters. The van der Waals surface area contributed by atoms with Crippen molar-refractivity contribution in [1.29, 1.82) is 0 Å². The first-order valence-electron chi connectivity index (χ1n) is 9.42. The number of esters is 1. The minimum atomic E-state index is -4.53. The highest BCUT2D eigenvalue weighted by atomic mass is 19.4. The van der Waals surface area contributed by atoms with Crippen LogP contribution in [0.25, 0.3) is 10.9 Å². The first-order chi connectivity index (χ1) is 14.7. The number of alkyl halides is 3. The van der Waals surface area contributed by atoms with E-state index in [-0.39, 0.29) is 35.0 Å². The maximum atomic E-state index is 13.4. The van der Waals surface area contributed by atoms with Gasteiger partial charge >= 0.3 is 12.1 Å². The molecule has 1 heterocycles. The standard InChI is InChI=1S/C22H20F3N3O3/c1-4-31-21(30)16-11-27-18-8-6-13(20(29)26-3)9-15(18)19(16)28-14-7-5-12(2)17(10-14)22(23,24)25/h5-11H,4H2,1-3H3,(H,26,29)(H,27,28). The smallest absolute Gasteiger partial charge is 0.416 e. The Hall–Kier alpha value is -3.62. The van der Waals surface area contributed by atoms with Crippen LogP contribution in [-0.2, 0) is 10.9 Å². The number of carbonyl (C=O) groups excluding carboxylic acids is 2. The second-order valence-electron chi connectivity index (χ2n) is 6.73. The fourth-order valence-corrected chi connectivity index (χ4v) is 3.13. The summed E-state index contributed by atoms with van der Waals surface area (Å²) in [7, 11) is 1.48. The van der Waals surface area contributed by atoms with Crippen molar-refractivity contribution in [3.63, 3.8) is 0 Å². The molecule has 0 fully saturated rings. The second-order valence-corrected chi connectivity index (χ2v) is 6.73. The number of aromatic nitrogens is 1. The van der Waals surface area contributed by atoms with Crippen LogP contribution in [0.1, 0.15) is 38.8 Å². The number of anilines is 2. The zero-order valence-electron chi connectivity index (χ0n) is 17.1. The Kier molecular flexibility index (Phi) is 6.14. The second kappa shape index (κ2) is 8.63. The van der Waals surface area contributed by atoms with E-state index in [0.717, 1.165) is 6.07 Å². The van der Waals surface area contributed by atoms with Gasteiger partial charge in [-0.25, -0.2) is 4.79 Å². The van der Waals surface area contributed by atoms with Crippen LogP contribution in [0, 0.1) is 6.92 Å². The van der Waals surface area contributed by atoms with Crippen molar-refractivity contribution in [3.8, 4) is 0 Å². The summed E-state index contributed by atoms with van der Waals surface area (Å²) in [5.41, 5.74) is 0.405. The lowest BCUT2D eigenvalue weighted by molar-refractivity contribution is -0.138. The molecule has 0 spiro atoms. The Labute approximate surface area is 176 Å². The van der Waals surface area contributed by atoms with Crippen LogP contribution in [0.15, 0.2) is 42.6 Å². The van der Waals surface area contributed by atoms with E-state index in [1.807, 2.05) is 0 Å². The van der Waals surface area contributed by atoms with Gasteiger partial charge in [0.2, 0.25) is 0 Å². The number of ether oxygens (including phenoxy) is 1. The molecule has 162 valence electrons. The van der Waals surface area contributed by atoms with E-state index in [4.69, 9.17) is 4.74 Å². The highest BCUT2D eigenvalue weighted by Crippen LogP contribution is 2.36. The van der Waals surface area contributed by atoms with Crippen LogP contribution in [-0.4, -0.2) is 30.5 Å². The van der Waals surface area contributed by atoms with Crippen LogP contribution in [0.5, 0.6) is 0 Å². The Bertz CT molecular complexity index is 1160. The fraction of sp³-hybridized carbons (Fsp3) is 0.227. The maximum absolute atomic E-state index is 13.4. The third-order valence-corrected chi connectivity index (χ3v) is 4.66. The SMILES string of the molecule is CCOC(=O)c1cnc2ccc(C(=O)NC)cc2c1Nc1ccc(C)c(C(F)(F)F)c1. The monoisotopic (exact) mass is 431 g/mol. The fourth-order valence-electron chi connectivity index (χ4n) is 3.13. The molecule has 0 bridgehead atoms. The molecule has 1 aromatic heterocycles. The summed E-state index contributed by atoms with van der Waals surface area (Å²) in [6.07, 6.45) is -3.24. The number of benzene rings is 2. The number of rotatable bonds is 5. The number of nitrogens with zero attached hydrogens (tertiary/aromatic N) is 1. The minimum absolute atomic E-state index is 0.0394. The first-order valence-corrected chi connectivity index (χ1v) is 9.42. The summed E-state index contributed by atoms with van der Waals surface area (Å²) >= 11 is 0.